The standard InChI is InChI=1S/C12H15Br3O2.C12H16Br2O2.C9H9Br3O2.C8H8Br2O2.C6H3Br3O2.C5HBr3O2/c1-2-3-4-5-6-7-8-9(13)12(16)17-10(8)11(14)15;1-2-3-4-5-6-7-9-8-10(15)16-11(9)12(13)14;1-2-3-4-5-6(10)9(13)14-7(5)8(11)12;1-2-3-5-4-6(11)12-7(5)8(9)10;1-2-3(7)6(10)11-4(2)5(8)9;6-2-1-3(9)10-4(2)5(7)8/h2-7H2,1H3;8H,2-7H2,1H3;2-4H2,1H3;4H,2-3H2,1H3;1H3;1H. The van der Waals surface area contributed by atoms with Gasteiger partial charge < -0.3 is 28.4 Å². The fraction of sp³-hybridized carbons (Fsp3) is 0.423. The van der Waals surface area contributed by atoms with Crippen molar-refractivity contribution >= 4 is 291 Å². The van der Waals surface area contributed by atoms with E-state index in [0.29, 0.717) is 72.8 Å². The third-order valence-corrected chi connectivity index (χ3v) is 17.9. The summed E-state index contributed by atoms with van der Waals surface area (Å²) in [5.41, 5.74) is 4.62. The summed E-state index contributed by atoms with van der Waals surface area (Å²) in [5.74, 6) is 1.57. The molecule has 28 heteroatoms. The summed E-state index contributed by atoms with van der Waals surface area (Å²) in [6.07, 6.45) is 23.3. The maximum atomic E-state index is 11.4. The van der Waals surface area contributed by atoms with Crippen LogP contribution in [0.15, 0.2) is 119 Å². The van der Waals surface area contributed by atoms with Gasteiger partial charge >= 0.3 is 35.8 Å². The van der Waals surface area contributed by atoms with Crippen LogP contribution in [-0.2, 0) is 57.2 Å². The Morgan fingerprint density at radius 2 is 0.662 bits per heavy atom. The highest BCUT2D eigenvalue weighted by Crippen LogP contribution is 2.41. The average Bonchev–Trinajstić information content (AvgIpc) is 4.23. The predicted octanol–water partition coefficient (Wildman–Crippen LogP) is 23.8. The smallest absolute Gasteiger partial charge is 0.351 e. The van der Waals surface area contributed by atoms with Gasteiger partial charge in [0.15, 0.2) is 34.6 Å². The number of halogens is 16. The summed E-state index contributed by atoms with van der Waals surface area (Å²) in [5, 5.41) is 0. The molecule has 0 unspecified atom stereocenters. The van der Waals surface area contributed by atoms with Crippen LogP contribution >= 0.6 is 255 Å². The van der Waals surface area contributed by atoms with Crippen molar-refractivity contribution in [3.05, 3.63) is 119 Å². The summed E-state index contributed by atoms with van der Waals surface area (Å²) < 4.78 is 36.1. The largest absolute Gasteiger partial charge is 0.421 e. The number of unbranched alkanes of at least 4 members (excludes halogenated alkanes) is 9. The summed E-state index contributed by atoms with van der Waals surface area (Å²) in [4.78, 5) is 66.1. The first-order valence-corrected chi connectivity index (χ1v) is 36.9. The molecule has 0 aromatic carbocycles. The molecule has 80 heavy (non-hydrogen) atoms. The number of rotatable bonds is 17. The predicted molar refractivity (Wildman–Crippen MR) is 374 cm³/mol. The first-order valence-electron chi connectivity index (χ1n) is 24.2. The van der Waals surface area contributed by atoms with Gasteiger partial charge in [-0.15, -0.1) is 0 Å². The minimum absolute atomic E-state index is 0.269. The lowest BCUT2D eigenvalue weighted by molar-refractivity contribution is -0.133. The monoisotopic (exact) mass is 2130 g/mol. The van der Waals surface area contributed by atoms with Gasteiger partial charge in [-0.2, -0.15) is 0 Å². The second kappa shape index (κ2) is 43.1. The van der Waals surface area contributed by atoms with Crippen molar-refractivity contribution in [2.45, 2.75) is 144 Å². The fourth-order valence-electron chi connectivity index (χ4n) is 6.66. The van der Waals surface area contributed by atoms with E-state index >= 15 is 0 Å². The zero-order chi connectivity index (χ0) is 61.0. The highest BCUT2D eigenvalue weighted by Gasteiger charge is 2.31. The number of carbonyl (C=O) groups is 6. The van der Waals surface area contributed by atoms with E-state index in [4.69, 9.17) is 28.4 Å². The maximum absolute atomic E-state index is 11.4. The maximum Gasteiger partial charge on any atom is 0.351 e. The SMILES string of the molecule is CC1=C(Br)C(=O)OC1=C(Br)Br.CCCC1=CC(=O)OC1=C(Br)Br.CCCCC1=C(Br)C(=O)OC1=C(Br)Br.CCCCCCCC1=C(Br)C(=O)OC1=C(Br)Br.CCCCCCCC1=CC(=O)OC1=C(Br)Br.O=C1C=C(Br)C(=C(Br)Br)O1. The molecule has 6 rings (SSSR count). The van der Waals surface area contributed by atoms with Crippen molar-refractivity contribution in [3.63, 3.8) is 0 Å². The second-order valence-electron chi connectivity index (χ2n) is 16.5. The Kier molecular flexibility index (Phi) is 42.8. The Labute approximate surface area is 602 Å². The Morgan fingerprint density at radius 3 is 0.975 bits per heavy atom. The number of allylic oxidation sites excluding steroid dienone is 6. The first kappa shape index (κ1) is 79.4. The minimum atomic E-state index is -0.363. The Morgan fingerprint density at radius 1 is 0.338 bits per heavy atom. The van der Waals surface area contributed by atoms with Gasteiger partial charge in [0, 0.05) is 46.1 Å². The van der Waals surface area contributed by atoms with E-state index in [2.05, 4.69) is 283 Å². The van der Waals surface area contributed by atoms with Gasteiger partial charge in [-0.3, -0.25) is 0 Å². The van der Waals surface area contributed by atoms with E-state index < -0.39 is 0 Å². The number of ether oxygens (including phenoxy) is 6. The van der Waals surface area contributed by atoms with Crippen LogP contribution in [0, 0.1) is 0 Å². The van der Waals surface area contributed by atoms with Crippen LogP contribution < -0.4 is 0 Å². The fourth-order valence-corrected chi connectivity index (χ4v) is 12.8. The molecule has 0 saturated heterocycles. The lowest BCUT2D eigenvalue weighted by atomic mass is 10.1. The van der Waals surface area contributed by atoms with E-state index in [9.17, 15) is 28.8 Å². The van der Waals surface area contributed by atoms with Crippen molar-refractivity contribution in [3.8, 4) is 0 Å². The molecule has 6 heterocycles. The number of cyclic esters (lactones) is 6. The highest BCUT2D eigenvalue weighted by atomic mass is 79.9. The number of carbonyl (C=O) groups excluding carboxylic acids is 6. The summed E-state index contributed by atoms with van der Waals surface area (Å²) in [7, 11) is 0. The van der Waals surface area contributed by atoms with Crippen molar-refractivity contribution in [1.29, 1.82) is 0 Å². The molecule has 0 spiro atoms. The molecular weight excluding hydrogens is 2100 g/mol. The lowest BCUT2D eigenvalue weighted by Gasteiger charge is -2.04. The molecule has 0 aromatic heterocycles. The van der Waals surface area contributed by atoms with Crippen LogP contribution in [0.1, 0.15) is 144 Å². The van der Waals surface area contributed by atoms with Crippen molar-refractivity contribution in [2.24, 2.45) is 0 Å². The van der Waals surface area contributed by atoms with Crippen molar-refractivity contribution < 1.29 is 57.2 Å². The van der Waals surface area contributed by atoms with E-state index in [-0.39, 0.29) is 35.8 Å². The van der Waals surface area contributed by atoms with Crippen LogP contribution in [0.25, 0.3) is 0 Å². The van der Waals surface area contributed by atoms with Gasteiger partial charge in [0.05, 0.1) is 4.48 Å². The molecule has 0 fully saturated rings. The molecule has 0 aliphatic carbocycles. The number of esters is 6. The molecule has 0 amide bonds. The van der Waals surface area contributed by atoms with Crippen LogP contribution in [0.5, 0.6) is 0 Å². The van der Waals surface area contributed by atoms with E-state index in [1.807, 2.05) is 0 Å². The van der Waals surface area contributed by atoms with Gasteiger partial charge in [0.1, 0.15) is 33.8 Å². The quantitative estimate of drug-likeness (QED) is 0.0772. The molecule has 444 valence electrons. The molecule has 0 bridgehead atoms. The van der Waals surface area contributed by atoms with E-state index in [1.54, 1.807) is 13.0 Å². The lowest BCUT2D eigenvalue weighted by Crippen LogP contribution is -1.93. The van der Waals surface area contributed by atoms with E-state index in [1.165, 1.54) is 63.5 Å². The van der Waals surface area contributed by atoms with Crippen molar-refractivity contribution in [2.75, 3.05) is 0 Å². The highest BCUT2D eigenvalue weighted by molar-refractivity contribution is 9.30. The van der Waals surface area contributed by atoms with Crippen LogP contribution in [0.3, 0.4) is 0 Å². The molecule has 0 aromatic rings. The summed E-state index contributed by atoms with van der Waals surface area (Å²) >= 11 is 51.4. The van der Waals surface area contributed by atoms with Gasteiger partial charge in [0.25, 0.3) is 0 Å². The molecule has 0 N–H and O–H groups in total. The number of hydrogen-bond acceptors (Lipinski definition) is 12. The van der Waals surface area contributed by atoms with Crippen molar-refractivity contribution in [1.82, 2.24) is 0 Å². The molecule has 6 aliphatic rings. The van der Waals surface area contributed by atoms with Crippen LogP contribution in [0.2, 0.25) is 0 Å². The number of hydrogen-bond donors (Lipinski definition) is 0. The minimum Gasteiger partial charge on any atom is -0.421 e. The Bertz CT molecular complexity index is 2700. The average molecular weight is 2150 g/mol. The van der Waals surface area contributed by atoms with Gasteiger partial charge in [-0.1, -0.05) is 91.9 Å². The molecule has 12 nitrogen and oxygen atoms in total. The second-order valence-corrected chi connectivity index (χ2v) is 35.6. The van der Waals surface area contributed by atoms with Gasteiger partial charge in [-0.25, -0.2) is 28.8 Å². The first-order chi connectivity index (χ1) is 37.6. The topological polar surface area (TPSA) is 158 Å². The third-order valence-electron chi connectivity index (χ3n) is 10.5. The van der Waals surface area contributed by atoms with E-state index in [0.717, 1.165) is 85.7 Å². The summed E-state index contributed by atoms with van der Waals surface area (Å²) in [6.45, 7) is 10.4. The Hall–Kier alpha value is 1.38. The van der Waals surface area contributed by atoms with Gasteiger partial charge in [-0.05, 0) is 307 Å². The zero-order valence-corrected chi connectivity index (χ0v) is 68.6. The molecular formula is C52H52Br16O12. The molecule has 0 atom stereocenters. The molecule has 0 saturated carbocycles. The Balaban J connectivity index is 0.000000484. The molecule has 6 aliphatic heterocycles. The zero-order valence-electron chi connectivity index (χ0n) is 43.2. The van der Waals surface area contributed by atoms with Gasteiger partial charge in [0.2, 0.25) is 0 Å². The normalized spacial score (nSPS) is 16.1. The molecule has 0 radical (unpaired) electrons. The van der Waals surface area contributed by atoms with Crippen LogP contribution in [0.4, 0.5) is 0 Å². The third kappa shape index (κ3) is 28.7. The summed E-state index contributed by atoms with van der Waals surface area (Å²) in [6, 6.07) is 0. The van der Waals surface area contributed by atoms with Crippen LogP contribution in [-0.4, -0.2) is 35.8 Å².